The molecule has 1 aliphatic carbocycles. The second-order valence-corrected chi connectivity index (χ2v) is 11.1. The fourth-order valence-corrected chi connectivity index (χ4v) is 7.26. The van der Waals surface area contributed by atoms with Crippen LogP contribution in [0.15, 0.2) is 33.0 Å². The third-order valence-electron chi connectivity index (χ3n) is 9.15. The van der Waals surface area contributed by atoms with Gasteiger partial charge in [0, 0.05) is 35.6 Å². The molecule has 0 N–H and O–H groups in total. The molecule has 6 nitrogen and oxygen atoms in total. The minimum absolute atomic E-state index is 0.00763. The van der Waals surface area contributed by atoms with E-state index >= 15 is 0 Å². The molecule has 3 aliphatic heterocycles. The molecule has 3 fully saturated rings. The van der Waals surface area contributed by atoms with Crippen LogP contribution in [0.3, 0.4) is 0 Å². The van der Waals surface area contributed by atoms with Crippen LogP contribution in [0.5, 0.6) is 5.75 Å². The number of amides is 1. The Morgan fingerprint density at radius 2 is 1.94 bits per heavy atom. The highest BCUT2D eigenvalue weighted by Crippen LogP contribution is 2.45. The monoisotopic (exact) mass is 476 g/mol. The van der Waals surface area contributed by atoms with Gasteiger partial charge >= 0.3 is 5.63 Å². The first-order chi connectivity index (χ1) is 16.9. The number of aryl methyl sites for hydroxylation is 2. The Balaban J connectivity index is 1.21. The van der Waals surface area contributed by atoms with Crippen molar-refractivity contribution in [3.05, 3.63) is 50.9 Å². The van der Waals surface area contributed by atoms with Crippen LogP contribution in [0.25, 0.3) is 11.0 Å². The van der Waals surface area contributed by atoms with Gasteiger partial charge in [-0.1, -0.05) is 18.1 Å². The molecule has 0 spiro atoms. The molecule has 4 aliphatic rings. The minimum atomic E-state index is -0.321. The van der Waals surface area contributed by atoms with Gasteiger partial charge in [0.2, 0.25) is 0 Å². The Morgan fingerprint density at radius 1 is 1.09 bits per heavy atom. The Morgan fingerprint density at radius 3 is 2.80 bits per heavy atom. The summed E-state index contributed by atoms with van der Waals surface area (Å²) >= 11 is 0. The Kier molecular flexibility index (Phi) is 5.75. The third-order valence-corrected chi connectivity index (χ3v) is 9.15. The summed E-state index contributed by atoms with van der Waals surface area (Å²) in [6, 6.07) is 4.75. The molecule has 3 saturated heterocycles. The van der Waals surface area contributed by atoms with Crippen molar-refractivity contribution < 1.29 is 13.9 Å². The minimum Gasteiger partial charge on any atom is -0.483 e. The number of ether oxygens (including phenoxy) is 1. The molecule has 6 heteroatoms. The molecule has 1 aromatic carbocycles. The number of likely N-dealkylation sites (tertiary alicyclic amines) is 1. The van der Waals surface area contributed by atoms with E-state index in [9.17, 15) is 9.59 Å². The van der Waals surface area contributed by atoms with E-state index in [2.05, 4.69) is 15.9 Å². The number of hydrogen-bond donors (Lipinski definition) is 0. The van der Waals surface area contributed by atoms with Crippen molar-refractivity contribution in [2.24, 2.45) is 11.8 Å². The highest BCUT2D eigenvalue weighted by atomic mass is 16.5. The van der Waals surface area contributed by atoms with Gasteiger partial charge in [0.25, 0.3) is 5.91 Å². The predicted molar refractivity (Wildman–Crippen MR) is 136 cm³/mol. The Hall–Kier alpha value is -2.60. The average molecular weight is 477 g/mol. The quantitative estimate of drug-likeness (QED) is 0.482. The van der Waals surface area contributed by atoms with E-state index in [0.717, 1.165) is 42.4 Å². The highest BCUT2D eigenvalue weighted by Gasteiger charge is 2.46. The van der Waals surface area contributed by atoms with E-state index in [1.165, 1.54) is 37.8 Å². The number of hydrogen-bond acceptors (Lipinski definition) is 5. The van der Waals surface area contributed by atoms with E-state index in [0.29, 0.717) is 34.8 Å². The zero-order valence-electron chi connectivity index (χ0n) is 21.1. The maximum absolute atomic E-state index is 13.5. The summed E-state index contributed by atoms with van der Waals surface area (Å²) in [5.41, 5.74) is 4.03. The van der Waals surface area contributed by atoms with Crippen LogP contribution < -0.4 is 10.4 Å². The summed E-state index contributed by atoms with van der Waals surface area (Å²) in [6.07, 6.45) is 9.89. The Bertz CT molecular complexity index is 1260. The van der Waals surface area contributed by atoms with Gasteiger partial charge in [0.05, 0.1) is 6.04 Å². The number of carbonyl (C=O) groups excluding carboxylic acids is 1. The van der Waals surface area contributed by atoms with Crippen LogP contribution in [0, 0.1) is 32.6 Å². The molecule has 35 heavy (non-hydrogen) atoms. The van der Waals surface area contributed by atoms with Crippen LogP contribution in [0.2, 0.25) is 0 Å². The molecule has 1 aromatic heterocycles. The van der Waals surface area contributed by atoms with Gasteiger partial charge in [-0.2, -0.15) is 0 Å². The molecule has 4 atom stereocenters. The van der Waals surface area contributed by atoms with Gasteiger partial charge in [-0.15, -0.1) is 0 Å². The predicted octanol–water partition coefficient (Wildman–Crippen LogP) is 4.52. The van der Waals surface area contributed by atoms with Crippen LogP contribution in [-0.2, 0) is 4.79 Å². The first-order valence-electron chi connectivity index (χ1n) is 13.3. The van der Waals surface area contributed by atoms with Crippen molar-refractivity contribution in [1.29, 1.82) is 0 Å². The zero-order valence-corrected chi connectivity index (χ0v) is 21.1. The van der Waals surface area contributed by atoms with Crippen LogP contribution in [0.4, 0.5) is 0 Å². The molecule has 6 rings (SSSR count). The molecular weight excluding hydrogens is 440 g/mol. The average Bonchev–Trinajstić information content (AvgIpc) is 2.87. The van der Waals surface area contributed by atoms with Crippen molar-refractivity contribution in [3.63, 3.8) is 0 Å². The molecule has 1 amide bonds. The first kappa shape index (κ1) is 22.8. The fourth-order valence-electron chi connectivity index (χ4n) is 7.26. The van der Waals surface area contributed by atoms with Crippen LogP contribution in [-0.4, -0.2) is 54.0 Å². The SMILES string of the molecule is Cc1c(C)c2ccc(OCC(=O)N3CCCC4=CC5CC(CN6CCCC[C@H]56)[C@@H]43)c(C)c2oc1=O. The molecule has 2 bridgehead atoms. The van der Waals surface area contributed by atoms with Gasteiger partial charge in [-0.25, -0.2) is 4.79 Å². The number of carbonyl (C=O) groups is 1. The lowest BCUT2D eigenvalue weighted by atomic mass is 9.68. The molecule has 2 aromatic rings. The maximum Gasteiger partial charge on any atom is 0.339 e. The van der Waals surface area contributed by atoms with Gasteiger partial charge < -0.3 is 14.1 Å². The largest absolute Gasteiger partial charge is 0.483 e. The second-order valence-electron chi connectivity index (χ2n) is 11.1. The van der Waals surface area contributed by atoms with E-state index in [4.69, 9.17) is 9.15 Å². The second kappa shape index (κ2) is 8.81. The number of benzene rings is 1. The fraction of sp³-hybridized carbons (Fsp3) is 0.586. The lowest BCUT2D eigenvalue weighted by molar-refractivity contribution is -0.138. The smallest absolute Gasteiger partial charge is 0.339 e. The summed E-state index contributed by atoms with van der Waals surface area (Å²) in [6.45, 7) is 8.75. The topological polar surface area (TPSA) is 63.0 Å². The number of rotatable bonds is 3. The summed E-state index contributed by atoms with van der Waals surface area (Å²) in [5.74, 6) is 1.85. The van der Waals surface area contributed by atoms with E-state index in [-0.39, 0.29) is 24.2 Å². The maximum atomic E-state index is 13.5. The first-order valence-corrected chi connectivity index (χ1v) is 13.3. The molecule has 2 unspecified atom stereocenters. The van der Waals surface area contributed by atoms with E-state index in [1.807, 2.05) is 26.0 Å². The van der Waals surface area contributed by atoms with Gasteiger partial charge in [-0.3, -0.25) is 9.69 Å². The van der Waals surface area contributed by atoms with Crippen LogP contribution >= 0.6 is 0 Å². The highest BCUT2D eigenvalue weighted by molar-refractivity contribution is 5.86. The van der Waals surface area contributed by atoms with Crippen molar-refractivity contribution in [1.82, 2.24) is 9.80 Å². The lowest BCUT2D eigenvalue weighted by Gasteiger charge is -2.54. The molecule has 0 saturated carbocycles. The van der Waals surface area contributed by atoms with Crippen molar-refractivity contribution >= 4 is 16.9 Å². The Labute approximate surface area is 206 Å². The third kappa shape index (κ3) is 3.81. The molecule has 186 valence electrons. The van der Waals surface area contributed by atoms with Crippen LogP contribution in [0.1, 0.15) is 55.2 Å². The number of fused-ring (bicyclic) bond motifs is 7. The molecule has 0 radical (unpaired) electrons. The molecule has 4 heterocycles. The number of piperidine rings is 3. The standard InChI is InChI=1S/C29H36N2O4/c1-17-18(2)29(33)35-28-19(3)25(10-9-23(17)28)34-16-26(32)31-12-6-7-20-13-21-14-22(27(20)31)15-30-11-5-4-8-24(21)30/h9-10,13,21-22,24,27H,4-8,11-12,14-16H2,1-3H3/t21?,22?,24-,27-/m1/s1. The van der Waals surface area contributed by atoms with E-state index in [1.54, 1.807) is 6.92 Å². The van der Waals surface area contributed by atoms with Gasteiger partial charge in [0.1, 0.15) is 11.3 Å². The van der Waals surface area contributed by atoms with Crippen molar-refractivity contribution in [3.8, 4) is 5.75 Å². The van der Waals surface area contributed by atoms with Crippen molar-refractivity contribution in [2.75, 3.05) is 26.2 Å². The van der Waals surface area contributed by atoms with Crippen molar-refractivity contribution in [2.45, 2.75) is 71.4 Å². The summed E-state index contributed by atoms with van der Waals surface area (Å²) < 4.78 is 11.6. The summed E-state index contributed by atoms with van der Waals surface area (Å²) in [7, 11) is 0. The zero-order chi connectivity index (χ0) is 24.3. The normalized spacial score (nSPS) is 28.3. The number of nitrogens with zero attached hydrogens (tertiary/aromatic N) is 2. The lowest BCUT2D eigenvalue weighted by Crippen LogP contribution is -2.60. The summed E-state index contributed by atoms with van der Waals surface area (Å²) in [5, 5.41) is 0.911. The van der Waals surface area contributed by atoms with Gasteiger partial charge in [-0.05, 0) is 89.0 Å². The molecular formula is C29H36N2O4. The summed E-state index contributed by atoms with van der Waals surface area (Å²) in [4.78, 5) is 30.5. The van der Waals surface area contributed by atoms with Gasteiger partial charge in [0.15, 0.2) is 6.61 Å². The van der Waals surface area contributed by atoms with E-state index < -0.39 is 0 Å².